The molecular weight excluding hydrogens is 185 g/mol. The van der Waals surface area contributed by atoms with Crippen molar-refractivity contribution < 1.29 is 18.0 Å². The smallest absolute Gasteiger partial charge is 0.301 e. The van der Waals surface area contributed by atoms with E-state index in [2.05, 4.69) is 5.32 Å². The molecule has 0 heterocycles. The molecule has 0 aromatic rings. The topological polar surface area (TPSA) is 55.1 Å². The van der Waals surface area contributed by atoms with E-state index in [4.69, 9.17) is 5.73 Å². The lowest BCUT2D eigenvalue weighted by Crippen LogP contribution is -2.38. The fraction of sp³-hybridized carbons (Fsp3) is 0.571. The molecule has 13 heavy (non-hydrogen) atoms. The number of rotatable bonds is 4. The Hall–Kier alpha value is -1.04. The van der Waals surface area contributed by atoms with Gasteiger partial charge in [0.1, 0.15) is 0 Å². The monoisotopic (exact) mass is 196 g/mol. The molecule has 0 unspecified atom stereocenters. The third-order valence-corrected chi connectivity index (χ3v) is 1.26. The molecule has 0 aromatic heterocycles. The largest absolute Gasteiger partial charge is 0.354 e. The summed E-state index contributed by atoms with van der Waals surface area (Å²) in [5.74, 6) is -2.00. The van der Waals surface area contributed by atoms with Gasteiger partial charge in [0.15, 0.2) is 5.83 Å². The summed E-state index contributed by atoms with van der Waals surface area (Å²) in [5.41, 5.74) is 5.15. The van der Waals surface area contributed by atoms with Crippen LogP contribution >= 0.6 is 0 Å². The van der Waals surface area contributed by atoms with Gasteiger partial charge in [0.25, 0.3) is 0 Å². The molecule has 3 N–H and O–H groups in total. The molecule has 0 spiro atoms. The average Bonchev–Trinajstić information content (AvgIpc) is 2.03. The molecule has 0 bridgehead atoms. The average molecular weight is 196 g/mol. The van der Waals surface area contributed by atoms with Gasteiger partial charge in [0.05, 0.1) is 6.04 Å². The van der Waals surface area contributed by atoms with E-state index in [0.29, 0.717) is 0 Å². The molecule has 0 aliphatic rings. The molecule has 0 rings (SSSR count). The van der Waals surface area contributed by atoms with Crippen LogP contribution in [-0.2, 0) is 4.79 Å². The fourth-order valence-electron chi connectivity index (χ4n) is 0.551. The number of hydrogen-bond donors (Lipinski definition) is 2. The maximum absolute atomic E-state index is 12.1. The highest BCUT2D eigenvalue weighted by molar-refractivity contribution is 5.80. The quantitative estimate of drug-likeness (QED) is 0.702. The summed E-state index contributed by atoms with van der Waals surface area (Å²) in [6.07, 6.45) is -2.86. The Bertz CT molecular complexity index is 212. The highest BCUT2D eigenvalue weighted by Crippen LogP contribution is 2.11. The van der Waals surface area contributed by atoms with E-state index >= 15 is 0 Å². The van der Waals surface area contributed by atoms with Crippen LogP contribution in [0.2, 0.25) is 0 Å². The minimum absolute atomic E-state index is 0.177. The number of nitrogens with one attached hydrogen (secondary N) is 1. The molecule has 6 heteroatoms. The van der Waals surface area contributed by atoms with Crippen molar-refractivity contribution in [3.63, 3.8) is 0 Å². The first kappa shape index (κ1) is 12.0. The maximum atomic E-state index is 12.1. The molecule has 0 saturated heterocycles. The standard InChI is InChI=1S/C7H11F3N2O/c1-4(11)7(13)12-3-2-5(8)6(9)10/h4H,2-3,11H2,1H3,(H,12,13)/t4-/m1/s1. The van der Waals surface area contributed by atoms with Gasteiger partial charge in [-0.3, -0.25) is 4.79 Å². The Labute approximate surface area is 73.8 Å². The van der Waals surface area contributed by atoms with Gasteiger partial charge >= 0.3 is 6.08 Å². The van der Waals surface area contributed by atoms with Crippen molar-refractivity contribution in [2.45, 2.75) is 19.4 Å². The van der Waals surface area contributed by atoms with Gasteiger partial charge in [-0.1, -0.05) is 0 Å². The number of hydrogen-bond acceptors (Lipinski definition) is 2. The number of nitrogens with two attached hydrogens (primary N) is 1. The van der Waals surface area contributed by atoms with Gasteiger partial charge < -0.3 is 11.1 Å². The van der Waals surface area contributed by atoms with Crippen LogP contribution in [0.4, 0.5) is 13.2 Å². The third kappa shape index (κ3) is 5.24. The van der Waals surface area contributed by atoms with Crippen molar-refractivity contribution in [3.8, 4) is 0 Å². The first-order valence-corrected chi connectivity index (χ1v) is 3.68. The van der Waals surface area contributed by atoms with E-state index in [9.17, 15) is 18.0 Å². The zero-order valence-electron chi connectivity index (χ0n) is 7.11. The molecule has 1 amide bonds. The molecule has 0 aromatic carbocycles. The molecule has 0 saturated carbocycles. The minimum atomic E-state index is -2.35. The maximum Gasteiger partial charge on any atom is 0.301 e. The summed E-state index contributed by atoms with van der Waals surface area (Å²) in [7, 11) is 0. The predicted octanol–water partition coefficient (Wildman–Crippen LogP) is 0.917. The zero-order valence-corrected chi connectivity index (χ0v) is 7.11. The Morgan fingerprint density at radius 3 is 2.38 bits per heavy atom. The second kappa shape index (κ2) is 5.58. The van der Waals surface area contributed by atoms with Gasteiger partial charge in [-0.15, -0.1) is 0 Å². The number of carbonyl (C=O) groups is 1. The number of halogens is 3. The van der Waals surface area contributed by atoms with Crippen molar-refractivity contribution in [2.75, 3.05) is 6.54 Å². The lowest BCUT2D eigenvalue weighted by atomic mass is 10.3. The van der Waals surface area contributed by atoms with E-state index in [1.807, 2.05) is 0 Å². The fourth-order valence-corrected chi connectivity index (χ4v) is 0.551. The predicted molar refractivity (Wildman–Crippen MR) is 41.6 cm³/mol. The summed E-state index contributed by atoms with van der Waals surface area (Å²) in [5, 5.41) is 2.20. The second-order valence-electron chi connectivity index (χ2n) is 2.50. The Morgan fingerprint density at radius 1 is 1.46 bits per heavy atom. The molecule has 0 aliphatic carbocycles. The second-order valence-corrected chi connectivity index (χ2v) is 2.50. The zero-order chi connectivity index (χ0) is 10.4. The minimum Gasteiger partial charge on any atom is -0.354 e. The van der Waals surface area contributed by atoms with E-state index in [-0.39, 0.29) is 6.54 Å². The Morgan fingerprint density at radius 2 is 2.00 bits per heavy atom. The molecule has 0 aliphatic heterocycles. The molecular formula is C7H11F3N2O. The SMILES string of the molecule is C[C@@H](N)C(=O)NCCC(F)=C(F)F. The van der Waals surface area contributed by atoms with Gasteiger partial charge in [-0.05, 0) is 6.92 Å². The Kier molecular flexibility index (Phi) is 5.13. The Balaban J connectivity index is 3.70. The first-order valence-electron chi connectivity index (χ1n) is 3.68. The van der Waals surface area contributed by atoms with Crippen LogP contribution in [0.1, 0.15) is 13.3 Å². The van der Waals surface area contributed by atoms with Crippen LogP contribution < -0.4 is 11.1 Å². The highest BCUT2D eigenvalue weighted by atomic mass is 19.3. The van der Waals surface area contributed by atoms with Crippen LogP contribution in [0.3, 0.4) is 0 Å². The van der Waals surface area contributed by atoms with Gasteiger partial charge in [0.2, 0.25) is 5.91 Å². The molecule has 0 fully saturated rings. The summed E-state index contributed by atoms with van der Waals surface area (Å²) in [6, 6.07) is -0.720. The van der Waals surface area contributed by atoms with Crippen LogP contribution in [-0.4, -0.2) is 18.5 Å². The van der Waals surface area contributed by atoms with E-state index in [1.54, 1.807) is 0 Å². The molecule has 1 atom stereocenters. The molecule has 3 nitrogen and oxygen atoms in total. The van der Waals surface area contributed by atoms with Crippen LogP contribution in [0.25, 0.3) is 0 Å². The van der Waals surface area contributed by atoms with Crippen molar-refractivity contribution in [3.05, 3.63) is 11.9 Å². The normalized spacial score (nSPS) is 12.1. The van der Waals surface area contributed by atoms with Crippen LogP contribution in [0, 0.1) is 0 Å². The van der Waals surface area contributed by atoms with Gasteiger partial charge in [-0.25, -0.2) is 4.39 Å². The number of amides is 1. The summed E-state index contributed by atoms with van der Waals surface area (Å²) in [4.78, 5) is 10.7. The lowest BCUT2D eigenvalue weighted by Gasteiger charge is -2.05. The van der Waals surface area contributed by atoms with Gasteiger partial charge in [-0.2, -0.15) is 8.78 Å². The lowest BCUT2D eigenvalue weighted by molar-refractivity contribution is -0.121. The van der Waals surface area contributed by atoms with E-state index < -0.39 is 30.3 Å². The number of carbonyl (C=O) groups excluding carboxylic acids is 1. The summed E-state index contributed by atoms with van der Waals surface area (Å²) >= 11 is 0. The first-order chi connectivity index (χ1) is 5.95. The van der Waals surface area contributed by atoms with Crippen molar-refractivity contribution >= 4 is 5.91 Å². The third-order valence-electron chi connectivity index (χ3n) is 1.26. The highest BCUT2D eigenvalue weighted by Gasteiger charge is 2.08. The summed E-state index contributed by atoms with van der Waals surface area (Å²) in [6.45, 7) is 1.26. The molecule has 0 radical (unpaired) electrons. The molecule has 76 valence electrons. The van der Waals surface area contributed by atoms with E-state index in [1.165, 1.54) is 6.92 Å². The van der Waals surface area contributed by atoms with Gasteiger partial charge in [0, 0.05) is 13.0 Å². The van der Waals surface area contributed by atoms with Crippen molar-refractivity contribution in [1.82, 2.24) is 5.32 Å². The van der Waals surface area contributed by atoms with Crippen molar-refractivity contribution in [2.24, 2.45) is 5.73 Å². The van der Waals surface area contributed by atoms with E-state index in [0.717, 1.165) is 0 Å². The summed E-state index contributed by atoms with van der Waals surface area (Å²) < 4.78 is 35.1. The van der Waals surface area contributed by atoms with Crippen LogP contribution in [0.15, 0.2) is 11.9 Å². The van der Waals surface area contributed by atoms with Crippen molar-refractivity contribution in [1.29, 1.82) is 0 Å². The van der Waals surface area contributed by atoms with Crippen LogP contribution in [0.5, 0.6) is 0 Å².